The average Bonchev–Trinajstić information content (AvgIpc) is 2.89. The lowest BCUT2D eigenvalue weighted by molar-refractivity contribution is 0.1000. The maximum atomic E-state index is 11.1. The van der Waals surface area contributed by atoms with Gasteiger partial charge in [0.2, 0.25) is 5.91 Å². The fraction of sp³-hybridized carbons (Fsp3) is 0.267. The van der Waals surface area contributed by atoms with E-state index in [1.54, 1.807) is 17.4 Å². The Morgan fingerprint density at radius 2 is 2.21 bits per heavy atom. The van der Waals surface area contributed by atoms with E-state index >= 15 is 0 Å². The molecule has 0 atom stereocenters. The fourth-order valence-electron chi connectivity index (χ4n) is 1.94. The first-order chi connectivity index (χ1) is 9.16. The number of nitrogens with one attached hydrogen (secondary N) is 1. The van der Waals surface area contributed by atoms with Crippen LogP contribution in [0.2, 0.25) is 0 Å². The van der Waals surface area contributed by atoms with Gasteiger partial charge in [0.1, 0.15) is 0 Å². The topological polar surface area (TPSA) is 55.1 Å². The van der Waals surface area contributed by atoms with Gasteiger partial charge in [0, 0.05) is 12.1 Å². The van der Waals surface area contributed by atoms with E-state index in [1.165, 1.54) is 11.1 Å². The third-order valence-corrected chi connectivity index (χ3v) is 3.85. The van der Waals surface area contributed by atoms with Crippen molar-refractivity contribution in [3.8, 4) is 0 Å². The van der Waals surface area contributed by atoms with Crippen molar-refractivity contribution in [1.29, 1.82) is 0 Å². The Labute approximate surface area is 117 Å². The molecule has 3 nitrogen and oxygen atoms in total. The van der Waals surface area contributed by atoms with Gasteiger partial charge in [0.05, 0.1) is 0 Å². The number of rotatable bonds is 6. The number of thiophene rings is 1. The summed E-state index contributed by atoms with van der Waals surface area (Å²) in [4.78, 5) is 11.1. The SMILES string of the molecule is Cc1cc(C(N)=O)ccc1CNCCc1ccsc1. The summed E-state index contributed by atoms with van der Waals surface area (Å²) in [5, 5.41) is 7.69. The molecule has 0 aliphatic rings. The van der Waals surface area contributed by atoms with E-state index in [-0.39, 0.29) is 5.91 Å². The Bertz CT molecular complexity index is 549. The molecule has 0 saturated heterocycles. The number of hydrogen-bond acceptors (Lipinski definition) is 3. The normalized spacial score (nSPS) is 10.6. The molecule has 4 heteroatoms. The summed E-state index contributed by atoms with van der Waals surface area (Å²) >= 11 is 1.73. The van der Waals surface area contributed by atoms with Crippen molar-refractivity contribution in [2.75, 3.05) is 6.54 Å². The minimum absolute atomic E-state index is 0.375. The highest BCUT2D eigenvalue weighted by molar-refractivity contribution is 7.07. The summed E-state index contributed by atoms with van der Waals surface area (Å²) in [5.74, 6) is -0.375. The minimum Gasteiger partial charge on any atom is -0.366 e. The molecule has 1 aromatic heterocycles. The van der Waals surface area contributed by atoms with E-state index in [0.717, 1.165) is 25.1 Å². The van der Waals surface area contributed by atoms with Gasteiger partial charge in [0.25, 0.3) is 0 Å². The quantitative estimate of drug-likeness (QED) is 0.795. The highest BCUT2D eigenvalue weighted by Crippen LogP contribution is 2.11. The molecule has 100 valence electrons. The number of hydrogen-bond donors (Lipinski definition) is 2. The van der Waals surface area contributed by atoms with Crippen LogP contribution in [0.5, 0.6) is 0 Å². The summed E-state index contributed by atoms with van der Waals surface area (Å²) in [6, 6.07) is 7.75. The molecule has 0 aliphatic heterocycles. The number of carbonyl (C=O) groups is 1. The molecule has 19 heavy (non-hydrogen) atoms. The molecule has 0 radical (unpaired) electrons. The summed E-state index contributed by atoms with van der Waals surface area (Å²) in [5.41, 5.74) is 9.50. The third kappa shape index (κ3) is 3.91. The van der Waals surface area contributed by atoms with Crippen LogP contribution in [-0.4, -0.2) is 12.5 Å². The third-order valence-electron chi connectivity index (χ3n) is 3.11. The Balaban J connectivity index is 1.84. The molecule has 0 unspecified atom stereocenters. The molecule has 0 aliphatic carbocycles. The van der Waals surface area contributed by atoms with Gasteiger partial charge in [0.15, 0.2) is 0 Å². The van der Waals surface area contributed by atoms with Gasteiger partial charge in [-0.3, -0.25) is 4.79 Å². The second-order valence-corrected chi connectivity index (χ2v) is 5.34. The number of nitrogens with two attached hydrogens (primary N) is 1. The number of benzene rings is 1. The van der Waals surface area contributed by atoms with Crippen molar-refractivity contribution < 1.29 is 4.79 Å². The number of aryl methyl sites for hydroxylation is 1. The average molecular weight is 274 g/mol. The second kappa shape index (κ2) is 6.50. The zero-order chi connectivity index (χ0) is 13.7. The van der Waals surface area contributed by atoms with Crippen molar-refractivity contribution in [3.63, 3.8) is 0 Å². The molecule has 0 spiro atoms. The van der Waals surface area contributed by atoms with Gasteiger partial charge in [-0.05, 0) is 65.5 Å². The van der Waals surface area contributed by atoms with Crippen LogP contribution in [0, 0.1) is 6.92 Å². The first-order valence-electron chi connectivity index (χ1n) is 6.28. The van der Waals surface area contributed by atoms with Gasteiger partial charge in [-0.25, -0.2) is 0 Å². The maximum Gasteiger partial charge on any atom is 0.248 e. The van der Waals surface area contributed by atoms with Crippen LogP contribution >= 0.6 is 11.3 Å². The summed E-state index contributed by atoms with van der Waals surface area (Å²) in [6.45, 7) is 3.77. The lowest BCUT2D eigenvalue weighted by Crippen LogP contribution is -2.17. The van der Waals surface area contributed by atoms with E-state index in [2.05, 4.69) is 22.1 Å². The smallest absolute Gasteiger partial charge is 0.248 e. The first-order valence-corrected chi connectivity index (χ1v) is 7.22. The van der Waals surface area contributed by atoms with Crippen LogP contribution in [0.4, 0.5) is 0 Å². The van der Waals surface area contributed by atoms with Crippen molar-refractivity contribution in [3.05, 3.63) is 57.3 Å². The molecule has 1 aromatic carbocycles. The molecular formula is C15H18N2OS. The Morgan fingerprint density at radius 1 is 1.37 bits per heavy atom. The second-order valence-electron chi connectivity index (χ2n) is 4.56. The summed E-state index contributed by atoms with van der Waals surface area (Å²) < 4.78 is 0. The van der Waals surface area contributed by atoms with E-state index in [4.69, 9.17) is 5.73 Å². The highest BCUT2D eigenvalue weighted by atomic mass is 32.1. The number of primary amides is 1. The zero-order valence-corrected chi connectivity index (χ0v) is 11.8. The Morgan fingerprint density at radius 3 is 2.84 bits per heavy atom. The Kier molecular flexibility index (Phi) is 4.71. The molecule has 0 fully saturated rings. The minimum atomic E-state index is -0.375. The lowest BCUT2D eigenvalue weighted by atomic mass is 10.0. The summed E-state index contributed by atoms with van der Waals surface area (Å²) in [7, 11) is 0. The fourth-order valence-corrected chi connectivity index (χ4v) is 2.64. The number of carbonyl (C=O) groups excluding carboxylic acids is 1. The van der Waals surface area contributed by atoms with Crippen molar-refractivity contribution in [2.24, 2.45) is 5.73 Å². The molecule has 1 heterocycles. The molecule has 0 saturated carbocycles. The monoisotopic (exact) mass is 274 g/mol. The van der Waals surface area contributed by atoms with E-state index in [1.807, 2.05) is 19.1 Å². The van der Waals surface area contributed by atoms with Crippen molar-refractivity contribution >= 4 is 17.2 Å². The standard InChI is InChI=1S/C15H18N2OS/c1-11-8-13(15(16)18)2-3-14(11)9-17-6-4-12-5-7-19-10-12/h2-3,5,7-8,10,17H,4,6,9H2,1H3,(H2,16,18). The molecular weight excluding hydrogens is 256 g/mol. The Hall–Kier alpha value is -1.65. The first kappa shape index (κ1) is 13.8. The van der Waals surface area contributed by atoms with Gasteiger partial charge in [-0.1, -0.05) is 6.07 Å². The van der Waals surface area contributed by atoms with E-state index < -0.39 is 0 Å². The lowest BCUT2D eigenvalue weighted by Gasteiger charge is -2.08. The molecule has 1 amide bonds. The zero-order valence-electron chi connectivity index (χ0n) is 11.0. The van der Waals surface area contributed by atoms with Gasteiger partial charge in [-0.2, -0.15) is 11.3 Å². The molecule has 3 N–H and O–H groups in total. The predicted octanol–water partition coefficient (Wildman–Crippen LogP) is 2.49. The van der Waals surface area contributed by atoms with Crippen LogP contribution in [0.25, 0.3) is 0 Å². The van der Waals surface area contributed by atoms with Crippen LogP contribution in [0.1, 0.15) is 27.0 Å². The number of amides is 1. The van der Waals surface area contributed by atoms with Crippen LogP contribution < -0.4 is 11.1 Å². The van der Waals surface area contributed by atoms with E-state index in [0.29, 0.717) is 5.56 Å². The van der Waals surface area contributed by atoms with Crippen LogP contribution in [0.3, 0.4) is 0 Å². The highest BCUT2D eigenvalue weighted by Gasteiger charge is 2.03. The summed E-state index contributed by atoms with van der Waals surface area (Å²) in [6.07, 6.45) is 1.04. The molecule has 2 aromatic rings. The van der Waals surface area contributed by atoms with E-state index in [9.17, 15) is 4.79 Å². The van der Waals surface area contributed by atoms with Gasteiger partial charge in [-0.15, -0.1) is 0 Å². The molecule has 0 bridgehead atoms. The van der Waals surface area contributed by atoms with Crippen molar-refractivity contribution in [2.45, 2.75) is 19.9 Å². The van der Waals surface area contributed by atoms with Crippen LogP contribution in [0.15, 0.2) is 35.0 Å². The largest absolute Gasteiger partial charge is 0.366 e. The van der Waals surface area contributed by atoms with Crippen LogP contribution in [-0.2, 0) is 13.0 Å². The molecule has 2 rings (SSSR count). The predicted molar refractivity (Wildman–Crippen MR) is 79.4 cm³/mol. The van der Waals surface area contributed by atoms with Crippen molar-refractivity contribution in [1.82, 2.24) is 5.32 Å². The van der Waals surface area contributed by atoms with Gasteiger partial charge >= 0.3 is 0 Å². The van der Waals surface area contributed by atoms with Gasteiger partial charge < -0.3 is 11.1 Å². The maximum absolute atomic E-state index is 11.1.